The largest absolute Gasteiger partial charge is 0.479 e. The molecule has 0 radical (unpaired) electrons. The Hall–Kier alpha value is -3.84. The van der Waals surface area contributed by atoms with Crippen molar-refractivity contribution in [2.45, 2.75) is 78.0 Å². The van der Waals surface area contributed by atoms with Gasteiger partial charge >= 0.3 is 74.3 Å². The highest BCUT2D eigenvalue weighted by Gasteiger charge is 2.63. The van der Waals surface area contributed by atoms with Crippen LogP contribution in [-0.2, 0) is 126 Å². The first-order valence-corrected chi connectivity index (χ1v) is 27.2. The number of carboxylic acid groups (broad SMARTS) is 2. The topological polar surface area (TPSA) is 533 Å². The Morgan fingerprint density at radius 1 is 0.465 bits per heavy atom. The van der Waals surface area contributed by atoms with E-state index in [-0.39, 0.29) is 17.8 Å². The van der Waals surface area contributed by atoms with E-state index in [0.29, 0.717) is 0 Å². The quantitative estimate of drug-likeness (QED) is 0.0435. The summed E-state index contributed by atoms with van der Waals surface area (Å²) in [5.74, 6) is -5.91. The number of carboxylic acids is 2. The maximum Gasteiger partial charge on any atom is 0.397 e. The minimum Gasteiger partial charge on any atom is -0.479 e. The Labute approximate surface area is 410 Å². The molecule has 42 heteroatoms. The molecule has 2 aromatic rings. The van der Waals surface area contributed by atoms with Crippen molar-refractivity contribution in [2.24, 2.45) is 0 Å². The van der Waals surface area contributed by atoms with Crippen LogP contribution in [0.2, 0.25) is 0 Å². The van der Waals surface area contributed by atoms with Gasteiger partial charge < -0.3 is 30.3 Å². The van der Waals surface area contributed by atoms with Crippen molar-refractivity contribution in [1.82, 2.24) is 0 Å². The number of amides is 2. The number of nitrogens with one attached hydrogen (secondary N) is 2. The molecule has 0 saturated carbocycles. The van der Waals surface area contributed by atoms with Crippen LogP contribution in [0.15, 0.2) is 48.5 Å². The molecule has 2 heterocycles. The van der Waals surface area contributed by atoms with E-state index in [2.05, 4.69) is 61.0 Å². The third kappa shape index (κ3) is 17.1. The first kappa shape index (κ1) is 59.7. The lowest BCUT2D eigenvalue weighted by molar-refractivity contribution is -0.226. The van der Waals surface area contributed by atoms with Crippen LogP contribution >= 0.6 is 25.3 Å². The molecule has 2 aliphatic heterocycles. The van der Waals surface area contributed by atoms with Gasteiger partial charge in [-0.1, -0.05) is 24.3 Å². The zero-order valence-electron chi connectivity index (χ0n) is 34.1. The van der Waals surface area contributed by atoms with Crippen LogP contribution in [0.1, 0.15) is 30.4 Å². The molecule has 71 heavy (non-hydrogen) atoms. The summed E-state index contributed by atoms with van der Waals surface area (Å²) in [7, 11) is -34.7. The lowest BCUT2D eigenvalue weighted by Crippen LogP contribution is -2.65. The maximum absolute atomic E-state index is 12.8. The maximum atomic E-state index is 12.8. The summed E-state index contributed by atoms with van der Waals surface area (Å²) >= 11 is 8.20. The van der Waals surface area contributed by atoms with Crippen molar-refractivity contribution in [1.29, 1.82) is 0 Å². The highest BCUT2D eigenvalue weighted by atomic mass is 32.3. The Balaban J connectivity index is 1.49. The number of benzene rings is 2. The van der Waals surface area contributed by atoms with Crippen LogP contribution < -0.4 is 10.6 Å². The van der Waals surface area contributed by atoms with Crippen molar-refractivity contribution in [3.8, 4) is 0 Å². The summed E-state index contributed by atoms with van der Waals surface area (Å²) in [6, 6.07) is 7.84. The smallest absolute Gasteiger partial charge is 0.397 e. The van der Waals surface area contributed by atoms with Gasteiger partial charge in [-0.25, -0.2) is 34.7 Å². The summed E-state index contributed by atoms with van der Waals surface area (Å²) < 4.78 is 233. The second-order valence-corrected chi connectivity index (χ2v) is 21.7. The number of aliphatic carboxylic acids is 2. The molecule has 0 aromatic heterocycles. The first-order chi connectivity index (χ1) is 32.1. The molecule has 400 valence electrons. The number of hydrogen-bond acceptors (Lipinski definition) is 26. The summed E-state index contributed by atoms with van der Waals surface area (Å²) in [5.41, 5.74) is -1.15. The van der Waals surface area contributed by atoms with Gasteiger partial charge in [0.2, 0.25) is 11.8 Å². The summed E-state index contributed by atoms with van der Waals surface area (Å²) in [6.07, 6.45) is -23.7. The monoisotopic (exact) mass is 1180 g/mol. The molecule has 2 fully saturated rings. The Morgan fingerprint density at radius 2 is 0.718 bits per heavy atom. The first-order valence-electron chi connectivity index (χ1n) is 18.1. The van der Waals surface area contributed by atoms with E-state index in [4.69, 9.17) is 9.47 Å². The molecule has 34 nitrogen and oxygen atoms in total. The number of ether oxygens (including phenoxy) is 2. The second-order valence-electron chi connectivity index (χ2n) is 14.1. The molecule has 0 spiro atoms. The molecular formula is C29H34N2O32S8. The zero-order chi connectivity index (χ0) is 54.1. The highest BCUT2D eigenvalue weighted by molar-refractivity contribution is 7.83. The van der Waals surface area contributed by atoms with Gasteiger partial charge in [0, 0.05) is 24.2 Å². The Bertz CT molecular complexity index is 2840. The van der Waals surface area contributed by atoms with E-state index in [9.17, 15) is 107 Å². The minimum atomic E-state index is -5.82. The van der Waals surface area contributed by atoms with E-state index >= 15 is 0 Å². The lowest BCUT2D eigenvalue weighted by atomic mass is 9.90. The average molecular weight is 1180 g/mol. The number of thiol groups is 2. The van der Waals surface area contributed by atoms with Crippen LogP contribution in [0.4, 0.5) is 11.4 Å². The highest BCUT2D eigenvalue weighted by Crippen LogP contribution is 2.48. The van der Waals surface area contributed by atoms with E-state index < -0.39 is 169 Å². The van der Waals surface area contributed by atoms with Gasteiger partial charge in [-0.15, -0.1) is 25.3 Å². The molecule has 2 aliphatic rings. The molecular weight excluding hydrogens is 1140 g/mol. The van der Waals surface area contributed by atoms with Crippen molar-refractivity contribution >= 4 is 123 Å². The van der Waals surface area contributed by atoms with E-state index in [1.165, 1.54) is 0 Å². The Kier molecular flexibility index (Phi) is 18.5. The molecule has 10 N–H and O–H groups in total. The summed E-state index contributed by atoms with van der Waals surface area (Å²) in [4.78, 5) is 44.0. The minimum absolute atomic E-state index is 0.0865. The fourth-order valence-corrected chi connectivity index (χ4v) is 10.6. The van der Waals surface area contributed by atoms with Crippen molar-refractivity contribution in [3.05, 3.63) is 59.7 Å². The number of carbonyl (C=O) groups is 4. The normalized spacial score (nSPS) is 27.8. The molecule has 0 aliphatic carbocycles. The second kappa shape index (κ2) is 21.9. The van der Waals surface area contributed by atoms with Crippen LogP contribution in [-0.4, -0.2) is 161 Å². The number of anilines is 2. The predicted octanol–water partition coefficient (Wildman–Crippen LogP) is -2.31. The van der Waals surface area contributed by atoms with Crippen LogP contribution in [0.25, 0.3) is 0 Å². The number of carbonyl (C=O) groups excluding carboxylic acids is 2. The fourth-order valence-electron chi connectivity index (χ4n) is 6.56. The number of hydrogen-bond donors (Lipinski definition) is 12. The number of rotatable bonds is 22. The van der Waals surface area contributed by atoms with Gasteiger partial charge in [0.15, 0.2) is 34.3 Å². The van der Waals surface area contributed by atoms with Crippen LogP contribution in [0, 0.1) is 0 Å². The molecule has 2 aromatic carbocycles. The van der Waals surface area contributed by atoms with Gasteiger partial charge in [-0.3, -0.25) is 36.9 Å². The molecule has 2 saturated heterocycles. The van der Waals surface area contributed by atoms with Gasteiger partial charge in [0.05, 0.1) is 0 Å². The average Bonchev–Trinajstić information content (AvgIpc) is 3.17. The van der Waals surface area contributed by atoms with Gasteiger partial charge in [0.25, 0.3) is 0 Å². The zero-order valence-corrected chi connectivity index (χ0v) is 40.8. The van der Waals surface area contributed by atoms with Crippen molar-refractivity contribution in [2.75, 3.05) is 10.6 Å². The fraction of sp³-hybridized carbons (Fsp3) is 0.448. The van der Waals surface area contributed by atoms with Crippen LogP contribution in [0.5, 0.6) is 0 Å². The van der Waals surface area contributed by atoms with Crippen molar-refractivity contribution in [3.63, 3.8) is 0 Å². The molecule has 10 atom stereocenters. The van der Waals surface area contributed by atoms with Crippen molar-refractivity contribution < 1.29 is 142 Å². The summed E-state index contributed by atoms with van der Waals surface area (Å²) in [5, 5.41) is 24.3. The summed E-state index contributed by atoms with van der Waals surface area (Å²) in [6.45, 7) is 0. The molecule has 2 amide bonds. The SMILES string of the molecule is O=C(CCCC(=O)Nc1ccc([C@]2(S)O[C@H](C(=O)O)[C@@H](OS(=O)(=O)O)[C@H](OS(=O)(=O)O)[C@H]2OS(=O)(=O)O)cc1)Nc1ccc([C@]2(S)O[C@H](C(=O)O)[C@@H](OS(=O)(=O)O)[C@H](OS(=O)(=O)O)[C@H]2OS(=O)(=O)O)cc1. The van der Waals surface area contributed by atoms with E-state index in [0.717, 1.165) is 48.5 Å². The standard InChI is InChI=1S/C29H34N2O32S8/c32-16(30-14-8-4-12(5-9-14)28(64)24(62-70(50,51)52)20(60-68(44,45)46)18(58-66(38,39)40)22(56-28)26(34)35)2-1-3-17(33)31-15-10-6-13(7-11-15)29(65)25(63-71(53,54)55)21(61-69(47,48)49)19(59-67(41,42)43)23(57-29)27(36)37/h4-11,18-25,64-65H,1-3H2,(H,30,32)(H,31,33)(H,34,35)(H,36,37)(H,38,39,40)(H,41,42,43)(H,44,45,46)(H,47,48,49)(H,50,51,52)(H,53,54,55)/t18-,19-,20-,21-,22-,23-,24+,25+,28+,29+/m0/s1. The Morgan fingerprint density at radius 3 is 0.958 bits per heavy atom. The molecule has 0 unspecified atom stereocenters. The van der Waals surface area contributed by atoms with Gasteiger partial charge in [-0.2, -0.15) is 50.5 Å². The lowest BCUT2D eigenvalue weighted by Gasteiger charge is -2.47. The van der Waals surface area contributed by atoms with Gasteiger partial charge in [0.1, 0.15) is 24.4 Å². The third-order valence-corrected chi connectivity index (χ3v) is 13.1. The molecule has 4 rings (SSSR count). The van der Waals surface area contributed by atoms with Gasteiger partial charge in [-0.05, 0) is 41.8 Å². The predicted molar refractivity (Wildman–Crippen MR) is 229 cm³/mol. The van der Waals surface area contributed by atoms with Crippen LogP contribution in [0.3, 0.4) is 0 Å². The molecule has 0 bridgehead atoms. The van der Waals surface area contributed by atoms with E-state index in [1.807, 2.05) is 0 Å². The third-order valence-electron chi connectivity index (χ3n) is 9.07. The van der Waals surface area contributed by atoms with E-state index in [1.54, 1.807) is 0 Å².